The zero-order valence-electron chi connectivity index (χ0n) is 8.82. The van der Waals surface area contributed by atoms with Crippen molar-refractivity contribution < 1.29 is 8.91 Å². The molecule has 0 atom stereocenters. The van der Waals surface area contributed by atoms with E-state index in [2.05, 4.69) is 10.5 Å². The molecule has 1 aliphatic heterocycles. The number of halogens is 1. The molecule has 0 aliphatic carbocycles. The Kier molecular flexibility index (Phi) is 2.36. The third kappa shape index (κ3) is 1.59. The first-order chi connectivity index (χ1) is 7.84. The first-order valence-corrected chi connectivity index (χ1v) is 5.52. The molecule has 2 aromatic rings. The molecule has 1 radical (unpaired) electrons. The van der Waals surface area contributed by atoms with Gasteiger partial charge in [0, 0.05) is 30.5 Å². The number of hydrogen-bond donors (Lipinski definition) is 0. The van der Waals surface area contributed by atoms with Crippen molar-refractivity contribution >= 4 is 10.9 Å². The van der Waals surface area contributed by atoms with E-state index in [1.54, 1.807) is 6.07 Å². The smallest absolute Gasteiger partial charge is 0.147 e. The molecular formula is C12H12FN2O. The Morgan fingerprint density at radius 3 is 2.88 bits per heavy atom. The van der Waals surface area contributed by atoms with Crippen molar-refractivity contribution in [1.82, 2.24) is 10.5 Å². The van der Waals surface area contributed by atoms with Crippen LogP contribution in [-0.4, -0.2) is 18.2 Å². The maximum absolute atomic E-state index is 13.0. The fourth-order valence-corrected chi connectivity index (χ4v) is 2.24. The van der Waals surface area contributed by atoms with Crippen LogP contribution in [0.15, 0.2) is 22.7 Å². The van der Waals surface area contributed by atoms with E-state index >= 15 is 0 Å². The highest BCUT2D eigenvalue weighted by Crippen LogP contribution is 2.31. The third-order valence-electron chi connectivity index (χ3n) is 3.11. The van der Waals surface area contributed by atoms with Gasteiger partial charge in [0.1, 0.15) is 17.1 Å². The summed E-state index contributed by atoms with van der Waals surface area (Å²) in [7, 11) is 0. The number of rotatable bonds is 1. The van der Waals surface area contributed by atoms with Crippen LogP contribution >= 0.6 is 0 Å². The van der Waals surface area contributed by atoms with Crippen LogP contribution in [0, 0.1) is 5.82 Å². The molecule has 1 saturated heterocycles. The maximum atomic E-state index is 13.0. The van der Waals surface area contributed by atoms with Crippen LogP contribution in [0.5, 0.6) is 0 Å². The molecule has 2 heterocycles. The normalized spacial score (nSPS) is 18.1. The van der Waals surface area contributed by atoms with Crippen molar-refractivity contribution in [3.8, 4) is 0 Å². The highest BCUT2D eigenvalue weighted by atomic mass is 19.1. The molecule has 0 spiro atoms. The van der Waals surface area contributed by atoms with E-state index in [0.29, 0.717) is 11.4 Å². The predicted molar refractivity (Wildman–Crippen MR) is 57.8 cm³/mol. The lowest BCUT2D eigenvalue weighted by atomic mass is 9.93. The van der Waals surface area contributed by atoms with Gasteiger partial charge in [-0.3, -0.25) is 0 Å². The van der Waals surface area contributed by atoms with E-state index in [9.17, 15) is 4.39 Å². The van der Waals surface area contributed by atoms with Crippen molar-refractivity contribution in [1.29, 1.82) is 0 Å². The molecule has 0 bridgehead atoms. The lowest BCUT2D eigenvalue weighted by Crippen LogP contribution is -2.20. The van der Waals surface area contributed by atoms with E-state index in [4.69, 9.17) is 4.52 Å². The van der Waals surface area contributed by atoms with Gasteiger partial charge in [0.2, 0.25) is 0 Å². The van der Waals surface area contributed by atoms with Crippen LogP contribution in [0.3, 0.4) is 0 Å². The second-order valence-corrected chi connectivity index (χ2v) is 4.15. The zero-order chi connectivity index (χ0) is 11.0. The van der Waals surface area contributed by atoms with Gasteiger partial charge >= 0.3 is 0 Å². The Balaban J connectivity index is 2.03. The van der Waals surface area contributed by atoms with E-state index in [1.807, 2.05) is 0 Å². The minimum absolute atomic E-state index is 0.272. The molecule has 1 aromatic heterocycles. The Bertz CT molecular complexity index is 503. The number of hydrogen-bond acceptors (Lipinski definition) is 2. The lowest BCUT2D eigenvalue weighted by Gasteiger charge is -2.18. The molecule has 1 aromatic carbocycles. The van der Waals surface area contributed by atoms with Crippen molar-refractivity contribution in [3.05, 3.63) is 29.8 Å². The van der Waals surface area contributed by atoms with Crippen LogP contribution in [0.25, 0.3) is 10.9 Å². The van der Waals surface area contributed by atoms with Gasteiger partial charge in [-0.25, -0.2) is 9.71 Å². The van der Waals surface area contributed by atoms with Gasteiger partial charge in [-0.1, -0.05) is 5.16 Å². The average Bonchev–Trinajstić information content (AvgIpc) is 2.73. The molecule has 16 heavy (non-hydrogen) atoms. The van der Waals surface area contributed by atoms with Crippen LogP contribution in [0.2, 0.25) is 0 Å². The first-order valence-electron chi connectivity index (χ1n) is 5.52. The van der Waals surface area contributed by atoms with Crippen LogP contribution < -0.4 is 5.32 Å². The minimum atomic E-state index is -0.272. The summed E-state index contributed by atoms with van der Waals surface area (Å²) in [4.78, 5) is 0. The van der Waals surface area contributed by atoms with Gasteiger partial charge in [0.05, 0.1) is 0 Å². The van der Waals surface area contributed by atoms with Crippen molar-refractivity contribution in [2.45, 2.75) is 18.8 Å². The van der Waals surface area contributed by atoms with Gasteiger partial charge in [-0.15, -0.1) is 0 Å². The van der Waals surface area contributed by atoms with Crippen LogP contribution in [0.4, 0.5) is 4.39 Å². The summed E-state index contributed by atoms with van der Waals surface area (Å²) in [6.45, 7) is 1.77. The molecule has 4 heteroatoms. The van der Waals surface area contributed by atoms with Gasteiger partial charge in [0.15, 0.2) is 0 Å². The van der Waals surface area contributed by atoms with E-state index in [1.165, 1.54) is 12.1 Å². The SMILES string of the molecule is Fc1ccc2c(C3CC[N]CC3)onc2c1. The fourth-order valence-electron chi connectivity index (χ4n) is 2.24. The zero-order valence-corrected chi connectivity index (χ0v) is 8.82. The molecular weight excluding hydrogens is 207 g/mol. The summed E-state index contributed by atoms with van der Waals surface area (Å²) in [5.74, 6) is 1.00. The molecule has 3 nitrogen and oxygen atoms in total. The largest absolute Gasteiger partial charge is 0.360 e. The Labute approximate surface area is 92.6 Å². The molecule has 1 aliphatic rings. The second-order valence-electron chi connectivity index (χ2n) is 4.15. The molecule has 3 rings (SSSR count). The van der Waals surface area contributed by atoms with Crippen molar-refractivity contribution in [2.75, 3.05) is 13.1 Å². The first kappa shape index (κ1) is 9.78. The molecule has 83 valence electrons. The van der Waals surface area contributed by atoms with Gasteiger partial charge in [0.25, 0.3) is 0 Å². The third-order valence-corrected chi connectivity index (χ3v) is 3.11. The maximum Gasteiger partial charge on any atom is 0.147 e. The van der Waals surface area contributed by atoms with Crippen LogP contribution in [-0.2, 0) is 0 Å². The fraction of sp³-hybridized carbons (Fsp3) is 0.417. The number of nitrogens with zero attached hydrogens (tertiary/aromatic N) is 2. The lowest BCUT2D eigenvalue weighted by molar-refractivity contribution is 0.331. The topological polar surface area (TPSA) is 40.1 Å². The van der Waals surface area contributed by atoms with E-state index in [-0.39, 0.29) is 5.82 Å². The minimum Gasteiger partial charge on any atom is -0.360 e. The number of benzene rings is 1. The molecule has 1 fully saturated rings. The van der Waals surface area contributed by atoms with Gasteiger partial charge in [-0.2, -0.15) is 0 Å². The highest BCUT2D eigenvalue weighted by molar-refractivity contribution is 5.80. The van der Waals surface area contributed by atoms with Gasteiger partial charge in [-0.05, 0) is 25.0 Å². The summed E-state index contributed by atoms with van der Waals surface area (Å²) in [6, 6.07) is 4.62. The Morgan fingerprint density at radius 2 is 2.06 bits per heavy atom. The highest BCUT2D eigenvalue weighted by Gasteiger charge is 2.22. The average molecular weight is 219 g/mol. The Hall–Kier alpha value is -1.42. The summed E-state index contributed by atoms with van der Waals surface area (Å²) in [5, 5.41) is 9.16. The van der Waals surface area contributed by atoms with Crippen molar-refractivity contribution in [3.63, 3.8) is 0 Å². The molecule has 0 amide bonds. The number of piperidine rings is 1. The summed E-state index contributed by atoms with van der Waals surface area (Å²) in [5.41, 5.74) is 0.609. The molecule has 0 saturated carbocycles. The quantitative estimate of drug-likeness (QED) is 0.739. The van der Waals surface area contributed by atoms with Crippen LogP contribution in [0.1, 0.15) is 24.5 Å². The van der Waals surface area contributed by atoms with E-state index in [0.717, 1.165) is 37.1 Å². The second kappa shape index (κ2) is 3.87. The summed E-state index contributed by atoms with van der Waals surface area (Å²) >= 11 is 0. The predicted octanol–water partition coefficient (Wildman–Crippen LogP) is 2.45. The monoisotopic (exact) mass is 219 g/mol. The summed E-state index contributed by atoms with van der Waals surface area (Å²) in [6.07, 6.45) is 2.00. The van der Waals surface area contributed by atoms with Crippen molar-refractivity contribution in [2.24, 2.45) is 0 Å². The number of fused-ring (bicyclic) bond motifs is 1. The number of aromatic nitrogens is 1. The molecule has 0 unspecified atom stereocenters. The standard InChI is InChI=1S/C12H12FN2O/c13-9-1-2-10-11(7-9)15-16-12(10)8-3-5-14-6-4-8/h1-2,7-8H,3-6H2. The molecule has 0 N–H and O–H groups in total. The Morgan fingerprint density at radius 1 is 1.25 bits per heavy atom. The van der Waals surface area contributed by atoms with Gasteiger partial charge < -0.3 is 4.52 Å². The summed E-state index contributed by atoms with van der Waals surface area (Å²) < 4.78 is 18.3. The van der Waals surface area contributed by atoms with E-state index < -0.39 is 0 Å².